The summed E-state index contributed by atoms with van der Waals surface area (Å²) in [5.74, 6) is 0.991. The molecule has 51 heavy (non-hydrogen) atoms. The van der Waals surface area contributed by atoms with Crippen LogP contribution in [-0.4, -0.2) is 43.4 Å². The first-order valence-electron chi connectivity index (χ1n) is 15.4. The van der Waals surface area contributed by atoms with Gasteiger partial charge in [-0.05, 0) is 78.4 Å². The van der Waals surface area contributed by atoms with Crippen LogP contribution in [0, 0.1) is 0 Å². The van der Waals surface area contributed by atoms with Crippen LogP contribution in [0.3, 0.4) is 0 Å². The van der Waals surface area contributed by atoms with Crippen LogP contribution in [0.25, 0.3) is 10.8 Å². The smallest absolute Gasteiger partial charge is 0.343 e. The minimum absolute atomic E-state index is 0.0371. The van der Waals surface area contributed by atoms with Crippen LogP contribution < -0.4 is 23.7 Å². The molecule has 0 heterocycles. The summed E-state index contributed by atoms with van der Waals surface area (Å²) in [5.41, 5.74) is 0.911. The lowest BCUT2D eigenvalue weighted by atomic mass is 10.1. The standard InChI is InChI=1S/C39H32O12/c1-3-37(40)47-24-45-28-13-11-27(12-14-28)39(42)50-35-22-21-34(32-7-5-6-8-33(32)35)44-23-36(51-43)26-9-15-30(16-10-26)49-31-19-17-29(18-20-31)46-25-48-38(41)4-2/h3-22,36,43H,1-2,23-25H2. The third-order valence-electron chi connectivity index (χ3n) is 7.15. The highest BCUT2D eigenvalue weighted by molar-refractivity contribution is 5.97. The van der Waals surface area contributed by atoms with Gasteiger partial charge in [0.1, 0.15) is 41.1 Å². The van der Waals surface area contributed by atoms with Crippen LogP contribution in [0.4, 0.5) is 0 Å². The van der Waals surface area contributed by atoms with Crippen LogP contribution in [-0.2, 0) is 24.0 Å². The fraction of sp³-hybridized carbons (Fsp3) is 0.103. The Bertz CT molecular complexity index is 1970. The molecule has 0 aliphatic carbocycles. The maximum Gasteiger partial charge on any atom is 0.343 e. The summed E-state index contributed by atoms with van der Waals surface area (Å²) in [7, 11) is 0. The molecule has 5 aromatic carbocycles. The highest BCUT2D eigenvalue weighted by Gasteiger charge is 2.17. The lowest BCUT2D eigenvalue weighted by Crippen LogP contribution is -2.13. The predicted octanol–water partition coefficient (Wildman–Crippen LogP) is 7.59. The number of benzene rings is 5. The summed E-state index contributed by atoms with van der Waals surface area (Å²) < 4.78 is 37.9. The molecule has 0 aliphatic heterocycles. The zero-order valence-electron chi connectivity index (χ0n) is 27.1. The average Bonchev–Trinajstić information content (AvgIpc) is 3.17. The predicted molar refractivity (Wildman–Crippen MR) is 184 cm³/mol. The molecule has 12 nitrogen and oxygen atoms in total. The molecule has 1 unspecified atom stereocenters. The van der Waals surface area contributed by atoms with Gasteiger partial charge in [0.25, 0.3) is 0 Å². The Morgan fingerprint density at radius 1 is 0.608 bits per heavy atom. The molecule has 1 N–H and O–H groups in total. The molecule has 0 saturated heterocycles. The Hall–Kier alpha value is -6.63. The molecule has 0 radical (unpaired) electrons. The molecular weight excluding hydrogens is 660 g/mol. The highest BCUT2D eigenvalue weighted by atomic mass is 17.1. The van der Waals surface area contributed by atoms with E-state index in [1.54, 1.807) is 78.9 Å². The molecule has 0 spiro atoms. The fourth-order valence-corrected chi connectivity index (χ4v) is 4.58. The van der Waals surface area contributed by atoms with Crippen molar-refractivity contribution in [2.75, 3.05) is 20.2 Å². The van der Waals surface area contributed by atoms with Crippen LogP contribution in [0.2, 0.25) is 0 Å². The molecule has 5 rings (SSSR count). The fourth-order valence-electron chi connectivity index (χ4n) is 4.58. The maximum absolute atomic E-state index is 13.0. The molecule has 1 atom stereocenters. The van der Waals surface area contributed by atoms with E-state index in [9.17, 15) is 19.6 Å². The third kappa shape index (κ3) is 9.95. The lowest BCUT2D eigenvalue weighted by molar-refractivity contribution is -0.286. The van der Waals surface area contributed by atoms with Crippen molar-refractivity contribution in [2.45, 2.75) is 6.10 Å². The number of ether oxygens (including phenoxy) is 7. The number of hydrogen-bond acceptors (Lipinski definition) is 12. The number of esters is 3. The van der Waals surface area contributed by atoms with E-state index in [1.165, 1.54) is 12.1 Å². The Morgan fingerprint density at radius 3 is 1.65 bits per heavy atom. The Balaban J connectivity index is 1.17. The van der Waals surface area contributed by atoms with E-state index in [0.717, 1.165) is 12.2 Å². The van der Waals surface area contributed by atoms with E-state index in [0.29, 0.717) is 50.8 Å². The molecule has 260 valence electrons. The van der Waals surface area contributed by atoms with Gasteiger partial charge in [-0.15, -0.1) is 0 Å². The van der Waals surface area contributed by atoms with E-state index in [-0.39, 0.29) is 25.8 Å². The van der Waals surface area contributed by atoms with Crippen molar-refractivity contribution >= 4 is 28.7 Å². The van der Waals surface area contributed by atoms with Crippen LogP contribution in [0.15, 0.2) is 135 Å². The maximum atomic E-state index is 13.0. The molecule has 0 bridgehead atoms. The van der Waals surface area contributed by atoms with E-state index in [4.69, 9.17) is 38.0 Å². The second-order valence-corrected chi connectivity index (χ2v) is 10.4. The van der Waals surface area contributed by atoms with Gasteiger partial charge in [0.2, 0.25) is 13.6 Å². The first-order valence-corrected chi connectivity index (χ1v) is 15.4. The SMILES string of the molecule is C=CC(=O)OCOc1ccc(Oc2ccc(C(COc3ccc(OC(=O)c4ccc(OCOC(=O)C=C)cc4)c4ccccc34)OO)cc2)cc1. The first kappa shape index (κ1) is 35.7. The molecule has 0 fully saturated rings. The van der Waals surface area contributed by atoms with Gasteiger partial charge in [-0.1, -0.05) is 49.6 Å². The van der Waals surface area contributed by atoms with Crippen molar-refractivity contribution in [3.8, 4) is 34.5 Å². The van der Waals surface area contributed by atoms with Crippen molar-refractivity contribution in [1.29, 1.82) is 0 Å². The molecule has 5 aromatic rings. The zero-order chi connectivity index (χ0) is 36.0. The summed E-state index contributed by atoms with van der Waals surface area (Å²) in [6.45, 7) is 6.06. The van der Waals surface area contributed by atoms with Crippen molar-refractivity contribution in [1.82, 2.24) is 0 Å². The van der Waals surface area contributed by atoms with Gasteiger partial charge < -0.3 is 33.2 Å². The minimum Gasteiger partial charge on any atom is -0.490 e. The normalized spacial score (nSPS) is 11.1. The number of rotatable bonds is 17. The molecule has 0 aromatic heterocycles. The second kappa shape index (κ2) is 17.7. The van der Waals surface area contributed by atoms with Crippen molar-refractivity contribution in [3.63, 3.8) is 0 Å². The molecule has 0 aliphatic rings. The van der Waals surface area contributed by atoms with E-state index < -0.39 is 24.0 Å². The lowest BCUT2D eigenvalue weighted by Gasteiger charge is -2.17. The van der Waals surface area contributed by atoms with Gasteiger partial charge >= 0.3 is 17.9 Å². The summed E-state index contributed by atoms with van der Waals surface area (Å²) >= 11 is 0. The largest absolute Gasteiger partial charge is 0.490 e. The first-order chi connectivity index (χ1) is 24.9. The quantitative estimate of drug-likeness (QED) is 0.0256. The Morgan fingerprint density at radius 2 is 1.10 bits per heavy atom. The van der Waals surface area contributed by atoms with Crippen molar-refractivity contribution in [2.24, 2.45) is 0 Å². The van der Waals surface area contributed by atoms with Crippen LogP contribution >= 0.6 is 0 Å². The van der Waals surface area contributed by atoms with Gasteiger partial charge in [-0.25, -0.2) is 19.3 Å². The molecule has 12 heteroatoms. The average molecular weight is 693 g/mol. The summed E-state index contributed by atoms with van der Waals surface area (Å²) in [4.78, 5) is 40.0. The van der Waals surface area contributed by atoms with Gasteiger partial charge in [-0.3, -0.25) is 5.26 Å². The summed E-state index contributed by atoms with van der Waals surface area (Å²) in [6, 6.07) is 30.4. The van der Waals surface area contributed by atoms with Gasteiger partial charge in [0, 0.05) is 22.9 Å². The number of hydrogen-bond donors (Lipinski definition) is 1. The Labute approximate surface area is 292 Å². The monoisotopic (exact) mass is 692 g/mol. The highest BCUT2D eigenvalue weighted by Crippen LogP contribution is 2.35. The zero-order valence-corrected chi connectivity index (χ0v) is 27.1. The van der Waals surface area contributed by atoms with E-state index >= 15 is 0 Å². The van der Waals surface area contributed by atoms with E-state index in [2.05, 4.69) is 13.2 Å². The molecular formula is C39H32O12. The molecule has 0 saturated carbocycles. The third-order valence-corrected chi connectivity index (χ3v) is 7.15. The second-order valence-electron chi connectivity index (χ2n) is 10.4. The van der Waals surface area contributed by atoms with Crippen LogP contribution in [0.1, 0.15) is 22.0 Å². The van der Waals surface area contributed by atoms with Crippen molar-refractivity contribution < 1.29 is 57.7 Å². The number of fused-ring (bicyclic) bond motifs is 1. The molecule has 0 amide bonds. The topological polar surface area (TPSA) is 145 Å². The summed E-state index contributed by atoms with van der Waals surface area (Å²) in [6.07, 6.45) is 1.25. The van der Waals surface area contributed by atoms with Gasteiger partial charge in [0.05, 0.1) is 5.56 Å². The van der Waals surface area contributed by atoms with Gasteiger partial charge in [-0.2, -0.15) is 0 Å². The number of carbonyl (C=O) groups excluding carboxylic acids is 3. The van der Waals surface area contributed by atoms with Crippen molar-refractivity contribution in [3.05, 3.63) is 146 Å². The van der Waals surface area contributed by atoms with Gasteiger partial charge in [0.15, 0.2) is 6.10 Å². The van der Waals surface area contributed by atoms with E-state index in [1.807, 2.05) is 18.2 Å². The number of carbonyl (C=O) groups is 3. The minimum atomic E-state index is -0.831. The summed E-state index contributed by atoms with van der Waals surface area (Å²) in [5, 5.41) is 11.0. The Kier molecular flexibility index (Phi) is 12.4. The van der Waals surface area contributed by atoms with Crippen LogP contribution in [0.5, 0.6) is 34.5 Å².